The van der Waals surface area contributed by atoms with E-state index >= 15 is 0 Å². The van der Waals surface area contributed by atoms with Crippen LogP contribution in [0.5, 0.6) is 0 Å². The van der Waals surface area contributed by atoms with E-state index in [0.717, 1.165) is 0 Å². The Morgan fingerprint density at radius 2 is 2.20 bits per heavy atom. The van der Waals surface area contributed by atoms with Crippen LogP contribution in [0.1, 0.15) is 10.4 Å². The Morgan fingerprint density at radius 3 is 2.90 bits per heavy atom. The summed E-state index contributed by atoms with van der Waals surface area (Å²) in [6.45, 7) is -0.0961. The molecule has 0 bridgehead atoms. The van der Waals surface area contributed by atoms with Crippen molar-refractivity contribution in [1.29, 1.82) is 0 Å². The van der Waals surface area contributed by atoms with Crippen LogP contribution in [-0.4, -0.2) is 21.6 Å². The summed E-state index contributed by atoms with van der Waals surface area (Å²) in [5.41, 5.74) is 5.27. The monoisotopic (exact) mass is 340 g/mol. The number of hydrogen-bond acceptors (Lipinski definition) is 3. The van der Waals surface area contributed by atoms with E-state index in [2.05, 4.69) is 26.3 Å². The average molecular weight is 341 g/mol. The zero-order chi connectivity index (χ0) is 14.7. The van der Waals surface area contributed by atoms with Gasteiger partial charge in [0.1, 0.15) is 12.4 Å². The molecule has 1 aromatic heterocycles. The molecule has 0 saturated heterocycles. The number of amides is 2. The van der Waals surface area contributed by atoms with Crippen LogP contribution in [0.3, 0.4) is 0 Å². The molecule has 1 heterocycles. The summed E-state index contributed by atoms with van der Waals surface area (Å²) in [5.74, 6) is -1.80. The van der Waals surface area contributed by atoms with Gasteiger partial charge in [0, 0.05) is 6.20 Å². The highest BCUT2D eigenvalue weighted by Crippen LogP contribution is 2.19. The van der Waals surface area contributed by atoms with Crippen molar-refractivity contribution in [2.75, 3.05) is 5.32 Å². The molecule has 0 aliphatic carbocycles. The lowest BCUT2D eigenvalue weighted by Gasteiger charge is -2.04. The third-order valence-electron chi connectivity index (χ3n) is 2.41. The molecule has 0 spiro atoms. The van der Waals surface area contributed by atoms with Gasteiger partial charge in [-0.3, -0.25) is 14.3 Å². The number of benzene rings is 1. The van der Waals surface area contributed by atoms with Crippen LogP contribution < -0.4 is 11.1 Å². The molecule has 0 aliphatic heterocycles. The molecule has 0 unspecified atom stereocenters. The molecular formula is C12H10BrFN4O2. The predicted octanol–water partition coefficient (Wildman–Crippen LogP) is 1.52. The summed E-state index contributed by atoms with van der Waals surface area (Å²) >= 11 is 3.01. The normalized spacial score (nSPS) is 10.3. The van der Waals surface area contributed by atoms with Gasteiger partial charge in [0.2, 0.25) is 5.91 Å². The molecule has 0 fully saturated rings. The number of primary amides is 1. The summed E-state index contributed by atoms with van der Waals surface area (Å²) in [6.07, 6.45) is 2.77. The minimum atomic E-state index is -0.644. The van der Waals surface area contributed by atoms with E-state index in [4.69, 9.17) is 5.73 Å². The number of halogens is 2. The summed E-state index contributed by atoms with van der Waals surface area (Å²) in [4.78, 5) is 22.6. The first-order valence-electron chi connectivity index (χ1n) is 5.53. The number of carbonyl (C=O) groups excluding carboxylic acids is 2. The molecule has 8 heteroatoms. The smallest absolute Gasteiger partial charge is 0.258 e. The van der Waals surface area contributed by atoms with E-state index in [9.17, 15) is 14.0 Å². The third kappa shape index (κ3) is 3.21. The zero-order valence-electron chi connectivity index (χ0n) is 10.1. The van der Waals surface area contributed by atoms with E-state index in [1.807, 2.05) is 0 Å². The van der Waals surface area contributed by atoms with Crippen LogP contribution in [0, 0.1) is 5.82 Å². The number of aromatic nitrogens is 2. The first-order valence-corrected chi connectivity index (χ1v) is 6.33. The van der Waals surface area contributed by atoms with E-state index in [0.29, 0.717) is 5.69 Å². The van der Waals surface area contributed by atoms with Gasteiger partial charge in [-0.15, -0.1) is 0 Å². The van der Waals surface area contributed by atoms with Gasteiger partial charge in [-0.05, 0) is 28.1 Å². The molecule has 0 aliphatic rings. The molecular weight excluding hydrogens is 331 g/mol. The molecule has 2 rings (SSSR count). The third-order valence-corrected chi connectivity index (χ3v) is 3.02. The number of nitrogens with zero attached hydrogens (tertiary/aromatic N) is 2. The fourth-order valence-corrected chi connectivity index (χ4v) is 1.92. The number of rotatable bonds is 4. The minimum Gasteiger partial charge on any atom is -0.368 e. The van der Waals surface area contributed by atoms with E-state index < -0.39 is 17.6 Å². The quantitative estimate of drug-likeness (QED) is 0.884. The lowest BCUT2D eigenvalue weighted by Crippen LogP contribution is -2.18. The first kappa shape index (κ1) is 14.2. The molecule has 3 N–H and O–H groups in total. The van der Waals surface area contributed by atoms with Gasteiger partial charge in [-0.2, -0.15) is 5.10 Å². The molecule has 0 saturated carbocycles. The lowest BCUT2D eigenvalue weighted by atomic mass is 10.2. The molecule has 20 heavy (non-hydrogen) atoms. The Bertz CT molecular complexity index is 671. The van der Waals surface area contributed by atoms with Crippen molar-refractivity contribution in [1.82, 2.24) is 9.78 Å². The zero-order valence-corrected chi connectivity index (χ0v) is 11.7. The Balaban J connectivity index is 2.13. The molecule has 0 radical (unpaired) electrons. The van der Waals surface area contributed by atoms with Crippen LogP contribution >= 0.6 is 15.9 Å². The number of carbonyl (C=O) groups is 2. The Morgan fingerprint density at radius 1 is 1.45 bits per heavy atom. The fraction of sp³-hybridized carbons (Fsp3) is 0.0833. The molecule has 1 aromatic carbocycles. The SMILES string of the molecule is NC(=O)Cn1cc(NC(=O)c2cccc(Br)c2F)cn1. The Hall–Kier alpha value is -2.22. The van der Waals surface area contributed by atoms with Crippen molar-refractivity contribution in [2.24, 2.45) is 5.73 Å². The second-order valence-electron chi connectivity index (χ2n) is 3.95. The van der Waals surface area contributed by atoms with Crippen LogP contribution in [-0.2, 0) is 11.3 Å². The summed E-state index contributed by atoms with van der Waals surface area (Å²) < 4.78 is 15.2. The predicted molar refractivity (Wildman–Crippen MR) is 73.5 cm³/mol. The van der Waals surface area contributed by atoms with Gasteiger partial charge in [0.15, 0.2) is 0 Å². The molecule has 2 aromatic rings. The van der Waals surface area contributed by atoms with Crippen LogP contribution in [0.2, 0.25) is 0 Å². The van der Waals surface area contributed by atoms with Crippen LogP contribution in [0.4, 0.5) is 10.1 Å². The largest absolute Gasteiger partial charge is 0.368 e. The fourth-order valence-electron chi connectivity index (χ4n) is 1.55. The minimum absolute atomic E-state index is 0.0953. The van der Waals surface area contributed by atoms with Crippen molar-refractivity contribution in [2.45, 2.75) is 6.54 Å². The van der Waals surface area contributed by atoms with Crippen molar-refractivity contribution in [3.05, 3.63) is 46.4 Å². The van der Waals surface area contributed by atoms with Crippen molar-refractivity contribution >= 4 is 33.4 Å². The molecule has 6 nitrogen and oxygen atoms in total. The van der Waals surface area contributed by atoms with Crippen molar-refractivity contribution in [3.63, 3.8) is 0 Å². The maximum atomic E-state index is 13.7. The highest BCUT2D eigenvalue weighted by atomic mass is 79.9. The van der Waals surface area contributed by atoms with Crippen LogP contribution in [0.25, 0.3) is 0 Å². The highest BCUT2D eigenvalue weighted by molar-refractivity contribution is 9.10. The van der Waals surface area contributed by atoms with Gasteiger partial charge in [-0.25, -0.2) is 4.39 Å². The Labute approximate surface area is 121 Å². The summed E-state index contributed by atoms with van der Waals surface area (Å²) in [7, 11) is 0. The summed E-state index contributed by atoms with van der Waals surface area (Å²) in [5, 5.41) is 6.33. The van der Waals surface area contributed by atoms with Gasteiger partial charge >= 0.3 is 0 Å². The van der Waals surface area contributed by atoms with Crippen molar-refractivity contribution in [3.8, 4) is 0 Å². The van der Waals surface area contributed by atoms with Gasteiger partial charge in [-0.1, -0.05) is 6.07 Å². The van der Waals surface area contributed by atoms with Gasteiger partial charge < -0.3 is 11.1 Å². The number of anilines is 1. The molecule has 0 atom stereocenters. The summed E-state index contributed by atoms with van der Waals surface area (Å²) in [6, 6.07) is 4.42. The maximum absolute atomic E-state index is 13.7. The van der Waals surface area contributed by atoms with Gasteiger partial charge in [0.25, 0.3) is 5.91 Å². The first-order chi connectivity index (χ1) is 9.47. The topological polar surface area (TPSA) is 90.0 Å². The number of hydrogen-bond donors (Lipinski definition) is 2. The standard InChI is InChI=1S/C12H10BrFN4O2/c13-9-3-1-2-8(11(9)14)12(20)17-7-4-16-18(5-7)6-10(15)19/h1-5H,6H2,(H2,15,19)(H,17,20). The lowest BCUT2D eigenvalue weighted by molar-refractivity contribution is -0.118. The van der Waals surface area contributed by atoms with Crippen LogP contribution in [0.15, 0.2) is 35.1 Å². The molecule has 2 amide bonds. The number of nitrogens with two attached hydrogens (primary N) is 1. The Kier molecular flexibility index (Phi) is 4.14. The number of nitrogens with one attached hydrogen (secondary N) is 1. The van der Waals surface area contributed by atoms with E-state index in [1.54, 1.807) is 6.07 Å². The molecule has 104 valence electrons. The average Bonchev–Trinajstić information content (AvgIpc) is 2.79. The second kappa shape index (κ2) is 5.83. The highest BCUT2D eigenvalue weighted by Gasteiger charge is 2.14. The van der Waals surface area contributed by atoms with E-state index in [-0.39, 0.29) is 16.6 Å². The van der Waals surface area contributed by atoms with Gasteiger partial charge in [0.05, 0.1) is 21.9 Å². The van der Waals surface area contributed by atoms with E-state index in [1.165, 1.54) is 29.2 Å². The maximum Gasteiger partial charge on any atom is 0.258 e. The van der Waals surface area contributed by atoms with Crippen molar-refractivity contribution < 1.29 is 14.0 Å². The second-order valence-corrected chi connectivity index (χ2v) is 4.80.